The summed E-state index contributed by atoms with van der Waals surface area (Å²) in [5.41, 5.74) is 1.12. The molecule has 14 heavy (non-hydrogen) atoms. The Labute approximate surface area is 81.1 Å². The van der Waals surface area contributed by atoms with Gasteiger partial charge in [0.05, 0.1) is 5.56 Å². The van der Waals surface area contributed by atoms with E-state index in [1.165, 1.54) is 6.07 Å². The Morgan fingerprint density at radius 1 is 1.57 bits per heavy atom. The van der Waals surface area contributed by atoms with E-state index < -0.39 is 0 Å². The maximum atomic E-state index is 10.5. The van der Waals surface area contributed by atoms with Gasteiger partial charge in [0, 0.05) is 7.11 Å². The summed E-state index contributed by atoms with van der Waals surface area (Å²) in [5.74, 6) is -0.0154. The van der Waals surface area contributed by atoms with E-state index in [1.54, 1.807) is 19.2 Å². The first-order valence-electron chi connectivity index (χ1n) is 4.22. The molecule has 0 saturated carbocycles. The molecule has 0 amide bonds. The van der Waals surface area contributed by atoms with Crippen LogP contribution in [0.4, 0.5) is 0 Å². The second-order valence-corrected chi connectivity index (χ2v) is 3.10. The fourth-order valence-electron chi connectivity index (χ4n) is 1.36. The fourth-order valence-corrected chi connectivity index (χ4v) is 1.36. The van der Waals surface area contributed by atoms with Gasteiger partial charge in [0.25, 0.3) is 0 Å². The van der Waals surface area contributed by atoms with Crippen LogP contribution in [0.25, 0.3) is 0 Å². The monoisotopic (exact) mass is 194 g/mol. The number of benzene rings is 1. The Morgan fingerprint density at radius 3 is 2.93 bits per heavy atom. The van der Waals surface area contributed by atoms with Crippen LogP contribution in [-0.4, -0.2) is 24.8 Å². The molecule has 2 rings (SSSR count). The highest BCUT2D eigenvalue weighted by molar-refractivity contribution is 5.79. The Bertz CT molecular complexity index is 361. The van der Waals surface area contributed by atoms with E-state index in [-0.39, 0.29) is 23.7 Å². The average Bonchev–Trinajstić information content (AvgIpc) is 2.98. The van der Waals surface area contributed by atoms with Crippen LogP contribution in [0.3, 0.4) is 0 Å². The summed E-state index contributed by atoms with van der Waals surface area (Å²) in [7, 11) is 1.56. The Kier molecular flexibility index (Phi) is 2.23. The minimum Gasteiger partial charge on any atom is -0.507 e. The van der Waals surface area contributed by atoms with Gasteiger partial charge in [-0.15, -0.1) is 0 Å². The molecule has 1 fully saturated rings. The van der Waals surface area contributed by atoms with Crippen molar-refractivity contribution >= 4 is 6.29 Å². The van der Waals surface area contributed by atoms with Crippen molar-refractivity contribution in [3.05, 3.63) is 29.3 Å². The lowest BCUT2D eigenvalue weighted by molar-refractivity contribution is 0.0950. The van der Waals surface area contributed by atoms with E-state index in [0.29, 0.717) is 6.29 Å². The molecule has 0 radical (unpaired) electrons. The van der Waals surface area contributed by atoms with Crippen LogP contribution >= 0.6 is 0 Å². The Hall–Kier alpha value is -1.39. The fraction of sp³-hybridized carbons (Fsp3) is 0.300. The van der Waals surface area contributed by atoms with Gasteiger partial charge in [0.1, 0.15) is 11.9 Å². The molecule has 74 valence electrons. The third kappa shape index (κ3) is 1.49. The first-order chi connectivity index (χ1) is 6.76. The SMILES string of the molecule is COC1OC1c1ccc(O)c(C=O)c1. The van der Waals surface area contributed by atoms with Crippen LogP contribution in [0.15, 0.2) is 18.2 Å². The molecule has 0 spiro atoms. The standard InChI is InChI=1S/C10H10O4/c1-13-10-9(14-10)6-2-3-8(12)7(4-6)5-11/h2-5,9-10,12H,1H3. The normalized spacial score (nSPS) is 24.6. The first-order valence-corrected chi connectivity index (χ1v) is 4.22. The zero-order chi connectivity index (χ0) is 10.1. The summed E-state index contributed by atoms with van der Waals surface area (Å²) in [6.45, 7) is 0. The number of rotatable bonds is 3. The number of methoxy groups -OCH3 is 1. The molecule has 1 saturated heterocycles. The van der Waals surface area contributed by atoms with E-state index in [4.69, 9.17) is 9.47 Å². The van der Waals surface area contributed by atoms with Gasteiger partial charge < -0.3 is 14.6 Å². The predicted molar refractivity (Wildman–Crippen MR) is 48.1 cm³/mol. The minimum atomic E-state index is -0.223. The van der Waals surface area contributed by atoms with Gasteiger partial charge in [0.15, 0.2) is 12.6 Å². The topological polar surface area (TPSA) is 59.1 Å². The lowest BCUT2D eigenvalue weighted by atomic mass is 10.1. The third-order valence-corrected chi connectivity index (χ3v) is 2.19. The van der Waals surface area contributed by atoms with Crippen molar-refractivity contribution in [2.24, 2.45) is 0 Å². The van der Waals surface area contributed by atoms with Crippen LogP contribution in [0.2, 0.25) is 0 Å². The van der Waals surface area contributed by atoms with Gasteiger partial charge >= 0.3 is 0 Å². The minimum absolute atomic E-state index is 0.0154. The molecule has 1 aromatic rings. The molecule has 2 unspecified atom stereocenters. The van der Waals surface area contributed by atoms with Crippen LogP contribution in [0, 0.1) is 0 Å². The molecular weight excluding hydrogens is 184 g/mol. The highest BCUT2D eigenvalue weighted by Gasteiger charge is 2.40. The highest BCUT2D eigenvalue weighted by Crippen LogP contribution is 2.39. The number of carbonyl (C=O) groups excluding carboxylic acids is 1. The quantitative estimate of drug-likeness (QED) is 0.581. The van der Waals surface area contributed by atoms with Gasteiger partial charge in [-0.2, -0.15) is 0 Å². The molecule has 4 heteroatoms. The molecule has 1 aliphatic rings. The summed E-state index contributed by atoms with van der Waals surface area (Å²) in [6.07, 6.45) is 0.279. The highest BCUT2D eigenvalue weighted by atomic mass is 16.8. The predicted octanol–water partition coefficient (Wildman–Crippen LogP) is 1.25. The molecule has 0 aromatic heterocycles. The van der Waals surface area contributed by atoms with Crippen molar-refractivity contribution in [2.75, 3.05) is 7.11 Å². The third-order valence-electron chi connectivity index (χ3n) is 2.19. The molecule has 1 heterocycles. The van der Waals surface area contributed by atoms with Gasteiger partial charge in [0.2, 0.25) is 0 Å². The Morgan fingerprint density at radius 2 is 2.36 bits per heavy atom. The largest absolute Gasteiger partial charge is 0.507 e. The molecule has 1 N–H and O–H groups in total. The first kappa shape index (κ1) is 9.18. The molecule has 1 aliphatic heterocycles. The van der Waals surface area contributed by atoms with Gasteiger partial charge in [-0.1, -0.05) is 6.07 Å². The van der Waals surface area contributed by atoms with Crippen molar-refractivity contribution in [3.63, 3.8) is 0 Å². The van der Waals surface area contributed by atoms with Crippen LogP contribution in [0.1, 0.15) is 22.0 Å². The molecule has 1 aromatic carbocycles. The number of hydrogen-bond donors (Lipinski definition) is 1. The van der Waals surface area contributed by atoms with Gasteiger partial charge in [-0.25, -0.2) is 0 Å². The number of ether oxygens (including phenoxy) is 2. The second kappa shape index (κ2) is 3.40. The summed E-state index contributed by atoms with van der Waals surface area (Å²) >= 11 is 0. The number of aldehydes is 1. The summed E-state index contributed by atoms with van der Waals surface area (Å²) < 4.78 is 10.1. The lowest BCUT2D eigenvalue weighted by Gasteiger charge is -1.99. The van der Waals surface area contributed by atoms with E-state index >= 15 is 0 Å². The van der Waals surface area contributed by atoms with E-state index in [9.17, 15) is 9.90 Å². The number of epoxide rings is 1. The van der Waals surface area contributed by atoms with Gasteiger partial charge in [-0.3, -0.25) is 4.79 Å². The molecule has 2 atom stereocenters. The van der Waals surface area contributed by atoms with Crippen molar-refractivity contribution in [2.45, 2.75) is 12.4 Å². The maximum absolute atomic E-state index is 10.5. The molecule has 0 aliphatic carbocycles. The zero-order valence-electron chi connectivity index (χ0n) is 7.64. The zero-order valence-corrected chi connectivity index (χ0v) is 7.64. The number of hydrogen-bond acceptors (Lipinski definition) is 4. The van der Waals surface area contributed by atoms with Crippen LogP contribution < -0.4 is 0 Å². The number of aromatic hydroxyl groups is 1. The van der Waals surface area contributed by atoms with Crippen molar-refractivity contribution in [1.29, 1.82) is 0 Å². The van der Waals surface area contributed by atoms with E-state index in [0.717, 1.165) is 5.56 Å². The Balaban J connectivity index is 2.24. The summed E-state index contributed by atoms with van der Waals surface area (Å²) in [5, 5.41) is 9.26. The van der Waals surface area contributed by atoms with Crippen molar-refractivity contribution in [1.82, 2.24) is 0 Å². The molecule has 4 nitrogen and oxygen atoms in total. The summed E-state index contributed by atoms with van der Waals surface area (Å²) in [6, 6.07) is 4.80. The molecular formula is C10H10O4. The second-order valence-electron chi connectivity index (χ2n) is 3.10. The van der Waals surface area contributed by atoms with E-state index in [1.807, 2.05) is 0 Å². The number of phenolic OH excluding ortho intramolecular Hbond substituents is 1. The average molecular weight is 194 g/mol. The maximum Gasteiger partial charge on any atom is 0.188 e. The summed E-state index contributed by atoms with van der Waals surface area (Å²) in [4.78, 5) is 10.5. The van der Waals surface area contributed by atoms with Crippen LogP contribution in [-0.2, 0) is 9.47 Å². The van der Waals surface area contributed by atoms with Crippen LogP contribution in [0.5, 0.6) is 5.75 Å². The van der Waals surface area contributed by atoms with Crippen molar-refractivity contribution < 1.29 is 19.4 Å². The number of phenols is 1. The van der Waals surface area contributed by atoms with E-state index in [2.05, 4.69) is 0 Å². The van der Waals surface area contributed by atoms with Gasteiger partial charge in [-0.05, 0) is 17.7 Å². The molecule has 0 bridgehead atoms. The van der Waals surface area contributed by atoms with Crippen molar-refractivity contribution in [3.8, 4) is 5.75 Å². The smallest absolute Gasteiger partial charge is 0.188 e. The lowest BCUT2D eigenvalue weighted by Crippen LogP contribution is -1.92. The number of carbonyl (C=O) groups is 1.